The van der Waals surface area contributed by atoms with Crippen molar-refractivity contribution in [1.29, 1.82) is 0 Å². The molecule has 4 heterocycles. The molecular formula is C44H61F6N2NaO11. The zero-order chi connectivity index (χ0) is 46.5. The topological polar surface area (TPSA) is 201 Å². The number of carboxylic acids is 1. The minimum absolute atomic E-state index is 0. The van der Waals surface area contributed by atoms with Crippen LogP contribution in [0.5, 0.6) is 0 Å². The molecular weight excluding hydrogens is 869 g/mol. The third kappa shape index (κ3) is 18.0. The Bertz CT molecular complexity index is 1840. The fourth-order valence-electron chi connectivity index (χ4n) is 7.43. The number of aliphatic hydroxyl groups excluding tert-OH is 2. The quantitative estimate of drug-likeness (QED) is 0.0411. The fourth-order valence-corrected chi connectivity index (χ4v) is 7.43. The number of esters is 1. The summed E-state index contributed by atoms with van der Waals surface area (Å²) in [5.74, 6) is -3.80. The number of rotatable bonds is 21. The van der Waals surface area contributed by atoms with Crippen LogP contribution in [0.4, 0.5) is 26.3 Å². The zero-order valence-corrected chi connectivity index (χ0v) is 39.3. The fraction of sp³-hybridized carbons (Fsp3) is 0.636. The van der Waals surface area contributed by atoms with E-state index in [0.717, 1.165) is 69.2 Å². The monoisotopic (exact) mass is 930 g/mol. The summed E-state index contributed by atoms with van der Waals surface area (Å²) in [6, 6.07) is 3.18. The molecule has 2 saturated heterocycles. The first-order valence-corrected chi connectivity index (χ1v) is 20.9. The van der Waals surface area contributed by atoms with Gasteiger partial charge in [0, 0.05) is 36.8 Å². The Kier molecular flexibility index (Phi) is 23.6. The normalized spacial score (nSPS) is 19.3. The van der Waals surface area contributed by atoms with Gasteiger partial charge < -0.3 is 44.2 Å². The van der Waals surface area contributed by atoms with Crippen LogP contribution in [0.3, 0.4) is 0 Å². The molecule has 4 atom stereocenters. The van der Waals surface area contributed by atoms with E-state index in [-0.39, 0.29) is 82.8 Å². The molecule has 356 valence electrons. The average molecular weight is 931 g/mol. The number of alkyl halides is 6. The van der Waals surface area contributed by atoms with E-state index in [1.165, 1.54) is 12.2 Å². The van der Waals surface area contributed by atoms with Crippen molar-refractivity contribution in [1.82, 2.24) is 9.80 Å². The number of halogens is 6. The molecule has 2 unspecified atom stereocenters. The second-order valence-corrected chi connectivity index (χ2v) is 16.9. The molecule has 0 bridgehead atoms. The van der Waals surface area contributed by atoms with E-state index in [1.807, 2.05) is 27.7 Å². The molecule has 64 heavy (non-hydrogen) atoms. The summed E-state index contributed by atoms with van der Waals surface area (Å²) >= 11 is 0. The van der Waals surface area contributed by atoms with Gasteiger partial charge in [0.2, 0.25) is 23.3 Å². The van der Waals surface area contributed by atoms with Gasteiger partial charge in [-0.05, 0) is 69.7 Å². The summed E-state index contributed by atoms with van der Waals surface area (Å²) in [4.78, 5) is 50.8. The van der Waals surface area contributed by atoms with Crippen LogP contribution in [-0.4, -0.2) is 86.1 Å². The molecule has 2 aromatic heterocycles. The van der Waals surface area contributed by atoms with Crippen LogP contribution >= 0.6 is 0 Å². The SMILES string of the molecule is CC1(C)C[C@H](/C=C/C(O)c2ccc(C(F)(F)F)o2)N(CCCCCCC(=O)O)C1=O.CCOC(=O)CCCCCCN1C(=O)C(C)(C)C[C@@H]1/C=C/C(O)c1ccc(C(F)(F)F)o1.[Na+].[OH-]. The Hall–Kier alpha value is -3.62. The second kappa shape index (κ2) is 25.9. The molecule has 0 aliphatic carbocycles. The van der Waals surface area contributed by atoms with Gasteiger partial charge in [-0.2, -0.15) is 26.3 Å². The van der Waals surface area contributed by atoms with Crippen molar-refractivity contribution in [3.63, 3.8) is 0 Å². The Balaban J connectivity index is 0.000000622. The van der Waals surface area contributed by atoms with Crippen molar-refractivity contribution in [3.8, 4) is 0 Å². The molecule has 0 spiro atoms. The number of ether oxygens (including phenoxy) is 1. The van der Waals surface area contributed by atoms with Gasteiger partial charge in [-0.25, -0.2) is 0 Å². The summed E-state index contributed by atoms with van der Waals surface area (Å²) in [6.45, 7) is 10.6. The van der Waals surface area contributed by atoms with Gasteiger partial charge in [-0.3, -0.25) is 19.2 Å². The van der Waals surface area contributed by atoms with E-state index in [4.69, 9.17) is 14.3 Å². The number of hydrogen-bond acceptors (Lipinski definition) is 10. The number of aliphatic carboxylic acids is 1. The molecule has 2 aliphatic heterocycles. The summed E-state index contributed by atoms with van der Waals surface area (Å²) < 4.78 is 90.3. The van der Waals surface area contributed by atoms with Crippen molar-refractivity contribution in [2.75, 3.05) is 19.7 Å². The molecule has 4 rings (SSSR count). The molecule has 20 heteroatoms. The van der Waals surface area contributed by atoms with E-state index >= 15 is 0 Å². The van der Waals surface area contributed by atoms with E-state index in [1.54, 1.807) is 28.9 Å². The first kappa shape index (κ1) is 58.4. The smallest absolute Gasteiger partial charge is 0.870 e. The van der Waals surface area contributed by atoms with E-state index in [0.29, 0.717) is 45.4 Å². The number of amides is 2. The van der Waals surface area contributed by atoms with Crippen LogP contribution in [-0.2, 0) is 36.3 Å². The van der Waals surface area contributed by atoms with Crippen LogP contribution in [0.1, 0.15) is 147 Å². The predicted molar refractivity (Wildman–Crippen MR) is 216 cm³/mol. The maximum absolute atomic E-state index is 12.8. The third-order valence-corrected chi connectivity index (χ3v) is 10.7. The number of likely N-dealkylation sites (tertiary alicyclic amines) is 2. The number of nitrogens with zero attached hydrogens (tertiary/aromatic N) is 2. The largest absolute Gasteiger partial charge is 1.00 e. The van der Waals surface area contributed by atoms with E-state index < -0.39 is 52.9 Å². The number of carboxylic acid groups (broad SMARTS) is 1. The van der Waals surface area contributed by atoms with Gasteiger partial charge in [0.1, 0.15) is 23.7 Å². The molecule has 0 radical (unpaired) electrons. The molecule has 2 amide bonds. The van der Waals surface area contributed by atoms with E-state index in [9.17, 15) is 55.7 Å². The second-order valence-electron chi connectivity index (χ2n) is 16.9. The van der Waals surface area contributed by atoms with Crippen LogP contribution in [0, 0.1) is 10.8 Å². The van der Waals surface area contributed by atoms with Gasteiger partial charge in [-0.1, -0.05) is 77.7 Å². The summed E-state index contributed by atoms with van der Waals surface area (Å²) in [7, 11) is 0. The maximum Gasteiger partial charge on any atom is 1.00 e. The Morgan fingerprint density at radius 2 is 1.09 bits per heavy atom. The average Bonchev–Trinajstić information content (AvgIpc) is 3.96. The molecule has 13 nitrogen and oxygen atoms in total. The van der Waals surface area contributed by atoms with Gasteiger partial charge in [-0.15, -0.1) is 0 Å². The number of carbonyl (C=O) groups is 4. The van der Waals surface area contributed by atoms with Gasteiger partial charge in [0.05, 0.1) is 18.7 Å². The number of aliphatic hydroxyl groups is 2. The van der Waals surface area contributed by atoms with Crippen molar-refractivity contribution < 1.29 is 109 Å². The first-order valence-electron chi connectivity index (χ1n) is 20.9. The minimum Gasteiger partial charge on any atom is -0.870 e. The molecule has 2 aromatic rings. The number of carbonyl (C=O) groups excluding carboxylic acids is 3. The maximum atomic E-state index is 12.8. The molecule has 2 fully saturated rings. The number of hydrogen-bond donors (Lipinski definition) is 3. The molecule has 2 aliphatic rings. The number of furan rings is 2. The van der Waals surface area contributed by atoms with Crippen LogP contribution in [0.25, 0.3) is 0 Å². The summed E-state index contributed by atoms with van der Waals surface area (Å²) in [5.41, 5.74) is -1.13. The van der Waals surface area contributed by atoms with E-state index in [2.05, 4.69) is 4.42 Å². The summed E-state index contributed by atoms with van der Waals surface area (Å²) in [5, 5.41) is 29.0. The van der Waals surface area contributed by atoms with Crippen LogP contribution in [0.2, 0.25) is 0 Å². The molecule has 0 saturated carbocycles. The molecule has 0 aromatic carbocycles. The van der Waals surface area contributed by atoms with Crippen LogP contribution in [0.15, 0.2) is 57.4 Å². The number of unbranched alkanes of at least 4 members (excludes halogenated alkanes) is 6. The first-order chi connectivity index (χ1) is 28.9. The van der Waals surface area contributed by atoms with Crippen molar-refractivity contribution in [3.05, 3.63) is 71.6 Å². The van der Waals surface area contributed by atoms with Gasteiger partial charge >= 0.3 is 53.8 Å². The minimum atomic E-state index is -4.62. The zero-order valence-electron chi connectivity index (χ0n) is 37.3. The van der Waals surface area contributed by atoms with Crippen molar-refractivity contribution in [2.45, 2.75) is 148 Å². The third-order valence-electron chi connectivity index (χ3n) is 10.7. The van der Waals surface area contributed by atoms with Gasteiger partial charge in [0.25, 0.3) is 0 Å². The summed E-state index contributed by atoms with van der Waals surface area (Å²) in [6.07, 6.45) is 1.75. The van der Waals surface area contributed by atoms with Gasteiger partial charge in [0.15, 0.2) is 0 Å². The molecule has 4 N–H and O–H groups in total. The Morgan fingerprint density at radius 3 is 1.44 bits per heavy atom. The Morgan fingerprint density at radius 1 is 0.719 bits per heavy atom. The van der Waals surface area contributed by atoms with Crippen molar-refractivity contribution in [2.24, 2.45) is 10.8 Å². The van der Waals surface area contributed by atoms with Crippen LogP contribution < -0.4 is 29.6 Å². The standard InChI is InChI=1S/C23H32F3NO5.C21H28F3NO5.Na.H2O/c1-4-31-20(29)9-7-5-6-8-14-27-16(15-22(2,3)21(27)30)10-11-17(28)18-12-13-19(32-18)23(24,25)26;1-20(2)13-14(25(19(20)29)12-6-4-3-5-7-18(27)28)8-9-15(26)16-10-11-17(30-16)21(22,23)24;;/h10-13,16-17,28H,4-9,14-15H2,1-3H3;8-11,14-15,26H,3-7,12-13H2,1-2H3,(H,27,28);;1H2/q;;+1;/p-1/b11-10+;9-8+;;/t16-,17?;14-,15?;;/m00../s1. The Labute approximate surface area is 391 Å². The predicted octanol–water partition coefficient (Wildman–Crippen LogP) is 6.41. The van der Waals surface area contributed by atoms with Crippen molar-refractivity contribution >= 4 is 23.8 Å².